The van der Waals surface area contributed by atoms with Crippen molar-refractivity contribution in [3.63, 3.8) is 0 Å². The average molecular weight is 249 g/mol. The summed E-state index contributed by atoms with van der Waals surface area (Å²) in [7, 11) is 0. The molecular weight excluding hydrogens is 238 g/mol. The van der Waals surface area contributed by atoms with E-state index < -0.39 is 23.6 Å². The van der Waals surface area contributed by atoms with Gasteiger partial charge >= 0.3 is 5.69 Å². The maximum Gasteiger partial charge on any atom is 0.330 e. The molecular formula is C11H11N3O4. The van der Waals surface area contributed by atoms with E-state index in [1.807, 2.05) is 6.07 Å². The number of nitrogens with zero attached hydrogens (tertiary/aromatic N) is 2. The predicted molar refractivity (Wildman–Crippen MR) is 60.8 cm³/mol. The number of hydrogen-bond donors (Lipinski definition) is 2. The van der Waals surface area contributed by atoms with Crippen molar-refractivity contribution in [2.45, 2.75) is 19.3 Å². The van der Waals surface area contributed by atoms with Gasteiger partial charge in [-0.1, -0.05) is 0 Å². The zero-order valence-corrected chi connectivity index (χ0v) is 9.58. The van der Waals surface area contributed by atoms with E-state index >= 15 is 0 Å². The number of hydrogen-bond acceptors (Lipinski definition) is 5. The highest BCUT2D eigenvalue weighted by Gasteiger charge is 2.28. The van der Waals surface area contributed by atoms with E-state index in [1.165, 1.54) is 16.8 Å². The number of nitrogens with one attached hydrogen (secondary N) is 1. The van der Waals surface area contributed by atoms with Crippen LogP contribution in [0.15, 0.2) is 27.4 Å². The molecule has 0 amide bonds. The van der Waals surface area contributed by atoms with Crippen molar-refractivity contribution in [3.8, 4) is 6.07 Å². The summed E-state index contributed by atoms with van der Waals surface area (Å²) in [6.45, 7) is 1.22. The maximum atomic E-state index is 11.6. The lowest BCUT2D eigenvalue weighted by molar-refractivity contribution is -0.0126. The van der Waals surface area contributed by atoms with Gasteiger partial charge in [0, 0.05) is 11.8 Å². The van der Waals surface area contributed by atoms with Crippen LogP contribution in [0.25, 0.3) is 0 Å². The van der Waals surface area contributed by atoms with Crippen LogP contribution in [0.5, 0.6) is 0 Å². The topological polar surface area (TPSA) is 108 Å². The van der Waals surface area contributed by atoms with Crippen LogP contribution in [-0.4, -0.2) is 27.4 Å². The van der Waals surface area contributed by atoms with Crippen molar-refractivity contribution in [1.82, 2.24) is 9.55 Å². The minimum absolute atomic E-state index is 0.262. The molecule has 0 saturated carbocycles. The van der Waals surface area contributed by atoms with E-state index in [2.05, 4.69) is 4.98 Å². The molecule has 0 unspecified atom stereocenters. The Bertz CT molecular complexity index is 649. The van der Waals surface area contributed by atoms with Crippen molar-refractivity contribution in [3.05, 3.63) is 44.2 Å². The molecule has 18 heavy (non-hydrogen) atoms. The van der Waals surface area contributed by atoms with Gasteiger partial charge in [0.15, 0.2) is 6.23 Å². The third kappa shape index (κ3) is 1.99. The van der Waals surface area contributed by atoms with E-state index in [4.69, 9.17) is 15.1 Å². The van der Waals surface area contributed by atoms with Crippen LogP contribution in [0.2, 0.25) is 0 Å². The number of aromatic amines is 1. The molecule has 2 N–H and O–H groups in total. The fourth-order valence-electron chi connectivity index (χ4n) is 1.71. The summed E-state index contributed by atoms with van der Waals surface area (Å²) >= 11 is 0. The molecule has 94 valence electrons. The highest BCUT2D eigenvalue weighted by molar-refractivity contribution is 5.29. The monoisotopic (exact) mass is 249 g/mol. The van der Waals surface area contributed by atoms with Crippen molar-refractivity contribution in [2.75, 3.05) is 6.61 Å². The Morgan fingerprint density at radius 1 is 1.61 bits per heavy atom. The normalized spacial score (nSPS) is 22.6. The van der Waals surface area contributed by atoms with Gasteiger partial charge < -0.3 is 9.84 Å². The summed E-state index contributed by atoms with van der Waals surface area (Å²) in [5, 5.41) is 17.9. The maximum absolute atomic E-state index is 11.6. The number of aliphatic hydroxyl groups is 1. The van der Waals surface area contributed by atoms with Crippen LogP contribution < -0.4 is 11.2 Å². The Morgan fingerprint density at radius 3 is 2.89 bits per heavy atom. The molecule has 2 rings (SSSR count). The molecule has 1 aromatic rings. The summed E-state index contributed by atoms with van der Waals surface area (Å²) in [6.07, 6.45) is 1.27. The Labute approximate surface area is 102 Å². The summed E-state index contributed by atoms with van der Waals surface area (Å²) in [4.78, 5) is 25.0. The second kappa shape index (κ2) is 4.60. The number of aryl methyl sites for hydroxylation is 1. The van der Waals surface area contributed by atoms with Gasteiger partial charge in [0.1, 0.15) is 6.10 Å². The van der Waals surface area contributed by atoms with Crippen LogP contribution in [-0.2, 0) is 4.74 Å². The summed E-state index contributed by atoms with van der Waals surface area (Å²) < 4.78 is 6.52. The van der Waals surface area contributed by atoms with E-state index in [9.17, 15) is 9.59 Å². The number of aliphatic hydroxyl groups excluding tert-OH is 1. The molecule has 1 aliphatic heterocycles. The van der Waals surface area contributed by atoms with Gasteiger partial charge in [-0.05, 0) is 13.0 Å². The Morgan fingerprint density at radius 2 is 2.33 bits per heavy atom. The molecule has 0 aliphatic carbocycles. The molecule has 0 spiro atoms. The van der Waals surface area contributed by atoms with Gasteiger partial charge in [-0.2, -0.15) is 5.26 Å². The number of aromatic nitrogens is 2. The molecule has 1 aromatic heterocycles. The largest absolute Gasteiger partial charge is 0.393 e. The van der Waals surface area contributed by atoms with E-state index in [0.29, 0.717) is 5.56 Å². The molecule has 0 radical (unpaired) electrons. The SMILES string of the molecule is Cc1cn([C@H]2C=C(C#N)[C@@H](CO)O2)c(=O)[nH]c1=O. The van der Waals surface area contributed by atoms with Crippen LogP contribution in [0.4, 0.5) is 0 Å². The highest BCUT2D eigenvalue weighted by Crippen LogP contribution is 2.25. The average Bonchev–Trinajstić information content (AvgIpc) is 2.76. The van der Waals surface area contributed by atoms with E-state index in [0.717, 1.165) is 0 Å². The Balaban J connectivity index is 2.44. The van der Waals surface area contributed by atoms with Gasteiger partial charge in [0.05, 0.1) is 18.2 Å². The number of rotatable bonds is 2. The fourth-order valence-corrected chi connectivity index (χ4v) is 1.71. The molecule has 2 atom stereocenters. The van der Waals surface area contributed by atoms with Crippen LogP contribution in [0.1, 0.15) is 11.8 Å². The van der Waals surface area contributed by atoms with Crippen LogP contribution >= 0.6 is 0 Å². The number of nitriles is 1. The van der Waals surface area contributed by atoms with Gasteiger partial charge in [0.2, 0.25) is 0 Å². The van der Waals surface area contributed by atoms with Gasteiger partial charge in [-0.25, -0.2) is 4.79 Å². The summed E-state index contributed by atoms with van der Waals surface area (Å²) in [6, 6.07) is 1.90. The minimum atomic E-state index is -0.792. The standard InChI is InChI=1S/C11H11N3O4/c1-6-4-14(11(17)13-10(6)16)9-2-7(3-12)8(5-15)18-9/h2,4,8-9,15H,5H2,1H3,(H,13,16,17)/t8-,9-/m1/s1. The second-order valence-corrected chi connectivity index (χ2v) is 3.91. The Hall–Kier alpha value is -2.17. The number of H-pyrrole nitrogens is 1. The first-order chi connectivity index (χ1) is 8.56. The van der Waals surface area contributed by atoms with Gasteiger partial charge in [-0.3, -0.25) is 14.3 Å². The smallest absolute Gasteiger partial charge is 0.330 e. The third-order valence-electron chi connectivity index (χ3n) is 2.69. The second-order valence-electron chi connectivity index (χ2n) is 3.91. The Kier molecular flexibility index (Phi) is 3.14. The number of ether oxygens (including phenoxy) is 1. The van der Waals surface area contributed by atoms with E-state index in [-0.39, 0.29) is 12.2 Å². The summed E-state index contributed by atoms with van der Waals surface area (Å²) in [5.74, 6) is 0. The highest BCUT2D eigenvalue weighted by atomic mass is 16.5. The lowest BCUT2D eigenvalue weighted by atomic mass is 10.2. The molecule has 0 saturated heterocycles. The zero-order valence-electron chi connectivity index (χ0n) is 9.58. The van der Waals surface area contributed by atoms with Crippen molar-refractivity contribution >= 4 is 0 Å². The quantitative estimate of drug-likeness (QED) is 0.712. The van der Waals surface area contributed by atoms with E-state index in [1.54, 1.807) is 6.92 Å². The molecule has 7 heteroatoms. The van der Waals surface area contributed by atoms with Crippen LogP contribution in [0, 0.1) is 18.3 Å². The lowest BCUT2D eigenvalue weighted by Gasteiger charge is -2.14. The lowest BCUT2D eigenvalue weighted by Crippen LogP contribution is -2.33. The molecule has 7 nitrogen and oxygen atoms in total. The molecule has 0 bridgehead atoms. The van der Waals surface area contributed by atoms with Gasteiger partial charge in [0.25, 0.3) is 5.56 Å². The van der Waals surface area contributed by atoms with Crippen molar-refractivity contribution in [2.24, 2.45) is 0 Å². The fraction of sp³-hybridized carbons (Fsp3) is 0.364. The first-order valence-electron chi connectivity index (χ1n) is 5.27. The minimum Gasteiger partial charge on any atom is -0.393 e. The summed E-state index contributed by atoms with van der Waals surface area (Å²) in [5.41, 5.74) is -0.462. The van der Waals surface area contributed by atoms with Crippen molar-refractivity contribution < 1.29 is 9.84 Å². The first kappa shape index (κ1) is 12.3. The van der Waals surface area contributed by atoms with Crippen LogP contribution in [0.3, 0.4) is 0 Å². The molecule has 0 fully saturated rings. The van der Waals surface area contributed by atoms with Crippen molar-refractivity contribution in [1.29, 1.82) is 5.26 Å². The first-order valence-corrected chi connectivity index (χ1v) is 5.27. The molecule has 2 heterocycles. The third-order valence-corrected chi connectivity index (χ3v) is 2.69. The van der Waals surface area contributed by atoms with Gasteiger partial charge in [-0.15, -0.1) is 0 Å². The zero-order chi connectivity index (χ0) is 13.3. The predicted octanol–water partition coefficient (Wildman–Crippen LogP) is -0.815. The molecule has 0 aromatic carbocycles. The molecule has 1 aliphatic rings.